The van der Waals surface area contributed by atoms with Crippen LogP contribution in [-0.4, -0.2) is 53.7 Å². The number of hydrogen-bond donors (Lipinski definition) is 2. The first kappa shape index (κ1) is 16.4. The van der Waals surface area contributed by atoms with Gasteiger partial charge in [0, 0.05) is 26.3 Å². The Balaban J connectivity index is 2.41. The number of nitrogens with one attached hydrogen (secondary N) is 1. The lowest BCUT2D eigenvalue weighted by Crippen LogP contribution is -2.38. The van der Waals surface area contributed by atoms with Crippen LogP contribution in [0.4, 0.5) is 4.79 Å². The first-order chi connectivity index (χ1) is 9.93. The fourth-order valence-electron chi connectivity index (χ4n) is 1.43. The lowest BCUT2D eigenvalue weighted by Gasteiger charge is -2.17. The third-order valence-corrected chi connectivity index (χ3v) is 2.71. The van der Waals surface area contributed by atoms with Crippen molar-refractivity contribution in [2.45, 2.75) is 13.0 Å². The van der Waals surface area contributed by atoms with Crippen molar-refractivity contribution in [3.8, 4) is 0 Å². The lowest BCUT2D eigenvalue weighted by atomic mass is 10.2. The summed E-state index contributed by atoms with van der Waals surface area (Å²) in [5, 5.41) is 11.4. The fourth-order valence-corrected chi connectivity index (χ4v) is 1.43. The smallest absolute Gasteiger partial charge is 0.354 e. The van der Waals surface area contributed by atoms with Crippen LogP contribution in [0.3, 0.4) is 0 Å². The number of carbonyl (C=O) groups excluding carboxylic acids is 2. The molecule has 2 N–H and O–H groups in total. The molecule has 21 heavy (non-hydrogen) atoms. The van der Waals surface area contributed by atoms with Crippen molar-refractivity contribution < 1.29 is 24.2 Å². The molecule has 0 aromatic carbocycles. The molecule has 1 aromatic rings. The van der Waals surface area contributed by atoms with Gasteiger partial charge in [-0.15, -0.1) is 0 Å². The molecular weight excluding hydrogens is 278 g/mol. The highest BCUT2D eigenvalue weighted by atomic mass is 16.5. The SMILES string of the molecule is COC(=O)CCN(C)C(=O)NCc1ccc(C(=O)O)nc1. The summed E-state index contributed by atoms with van der Waals surface area (Å²) in [5.41, 5.74) is 0.620. The van der Waals surface area contributed by atoms with E-state index in [1.165, 1.54) is 24.3 Å². The topological polar surface area (TPSA) is 109 Å². The van der Waals surface area contributed by atoms with E-state index in [4.69, 9.17) is 5.11 Å². The van der Waals surface area contributed by atoms with E-state index in [0.717, 1.165) is 0 Å². The Hall–Kier alpha value is -2.64. The maximum absolute atomic E-state index is 11.7. The number of carboxylic acids is 1. The molecule has 0 aliphatic carbocycles. The van der Waals surface area contributed by atoms with Crippen molar-refractivity contribution >= 4 is 18.0 Å². The first-order valence-electron chi connectivity index (χ1n) is 6.18. The highest BCUT2D eigenvalue weighted by Gasteiger charge is 2.10. The molecular formula is C13H17N3O5. The molecule has 0 bridgehead atoms. The van der Waals surface area contributed by atoms with Crippen molar-refractivity contribution in [3.63, 3.8) is 0 Å². The van der Waals surface area contributed by atoms with Crippen LogP contribution in [0.1, 0.15) is 22.5 Å². The predicted molar refractivity (Wildman–Crippen MR) is 72.7 cm³/mol. The Bertz CT molecular complexity index is 515. The zero-order chi connectivity index (χ0) is 15.8. The number of hydrogen-bond acceptors (Lipinski definition) is 5. The number of urea groups is 1. The molecule has 0 spiro atoms. The molecule has 1 heterocycles. The third-order valence-electron chi connectivity index (χ3n) is 2.71. The Morgan fingerprint density at radius 2 is 2.10 bits per heavy atom. The van der Waals surface area contributed by atoms with Crippen molar-refractivity contribution in [1.29, 1.82) is 0 Å². The van der Waals surface area contributed by atoms with Gasteiger partial charge in [0.25, 0.3) is 0 Å². The van der Waals surface area contributed by atoms with Crippen LogP contribution in [0.25, 0.3) is 0 Å². The third kappa shape index (κ3) is 5.47. The number of nitrogens with zero attached hydrogens (tertiary/aromatic N) is 2. The molecule has 0 unspecified atom stereocenters. The largest absolute Gasteiger partial charge is 0.477 e. The number of amides is 2. The highest BCUT2D eigenvalue weighted by molar-refractivity contribution is 5.85. The van der Waals surface area contributed by atoms with Gasteiger partial charge in [-0.25, -0.2) is 14.6 Å². The molecule has 0 radical (unpaired) electrons. The number of rotatable bonds is 6. The van der Waals surface area contributed by atoms with Gasteiger partial charge in [-0.05, 0) is 11.6 Å². The normalized spacial score (nSPS) is 9.81. The number of esters is 1. The quantitative estimate of drug-likeness (QED) is 0.739. The number of carbonyl (C=O) groups is 3. The average Bonchev–Trinajstić information content (AvgIpc) is 2.50. The summed E-state index contributed by atoms with van der Waals surface area (Å²) >= 11 is 0. The van der Waals surface area contributed by atoms with Gasteiger partial charge < -0.3 is 20.1 Å². The number of ether oxygens (including phenoxy) is 1. The van der Waals surface area contributed by atoms with Crippen molar-refractivity contribution in [3.05, 3.63) is 29.6 Å². The second-order valence-electron chi connectivity index (χ2n) is 4.26. The molecule has 1 aromatic heterocycles. The molecule has 0 aliphatic rings. The van der Waals surface area contributed by atoms with E-state index >= 15 is 0 Å². The van der Waals surface area contributed by atoms with Crippen molar-refractivity contribution in [1.82, 2.24) is 15.2 Å². The Kier molecular flexibility index (Phi) is 6.12. The fraction of sp³-hybridized carbons (Fsp3) is 0.385. The number of methoxy groups -OCH3 is 1. The highest BCUT2D eigenvalue weighted by Crippen LogP contribution is 2.01. The Morgan fingerprint density at radius 1 is 1.38 bits per heavy atom. The van der Waals surface area contributed by atoms with E-state index < -0.39 is 5.97 Å². The van der Waals surface area contributed by atoms with Gasteiger partial charge >= 0.3 is 18.0 Å². The van der Waals surface area contributed by atoms with Gasteiger partial charge in [-0.2, -0.15) is 0 Å². The van der Waals surface area contributed by atoms with Gasteiger partial charge in [0.1, 0.15) is 5.69 Å². The van der Waals surface area contributed by atoms with Crippen LogP contribution in [0.2, 0.25) is 0 Å². The molecule has 0 aliphatic heterocycles. The zero-order valence-electron chi connectivity index (χ0n) is 11.8. The van der Waals surface area contributed by atoms with Crippen LogP contribution in [0.15, 0.2) is 18.3 Å². The minimum Gasteiger partial charge on any atom is -0.477 e. The van der Waals surface area contributed by atoms with Gasteiger partial charge in [0.2, 0.25) is 0 Å². The number of carboxylic acid groups (broad SMARTS) is 1. The molecule has 8 nitrogen and oxygen atoms in total. The molecule has 114 valence electrons. The second kappa shape index (κ2) is 7.83. The van der Waals surface area contributed by atoms with E-state index in [2.05, 4.69) is 15.0 Å². The summed E-state index contributed by atoms with van der Waals surface area (Å²) in [5.74, 6) is -1.49. The van der Waals surface area contributed by atoms with E-state index in [-0.39, 0.29) is 37.2 Å². The van der Waals surface area contributed by atoms with E-state index in [0.29, 0.717) is 5.56 Å². The second-order valence-corrected chi connectivity index (χ2v) is 4.26. The van der Waals surface area contributed by atoms with Crippen LogP contribution in [0.5, 0.6) is 0 Å². The maximum atomic E-state index is 11.7. The predicted octanol–water partition coefficient (Wildman–Crippen LogP) is 0.484. The van der Waals surface area contributed by atoms with Crippen molar-refractivity contribution in [2.24, 2.45) is 0 Å². The van der Waals surface area contributed by atoms with Crippen LogP contribution < -0.4 is 5.32 Å². The molecule has 0 saturated heterocycles. The summed E-state index contributed by atoms with van der Waals surface area (Å²) in [7, 11) is 2.85. The van der Waals surface area contributed by atoms with Crippen molar-refractivity contribution in [2.75, 3.05) is 20.7 Å². The van der Waals surface area contributed by atoms with Crippen LogP contribution >= 0.6 is 0 Å². The number of aromatic nitrogens is 1. The maximum Gasteiger partial charge on any atom is 0.354 e. The standard InChI is InChI=1S/C13H17N3O5/c1-16(6-5-11(17)21-2)13(20)15-8-9-3-4-10(12(18)19)14-7-9/h3-4,7H,5-6,8H2,1-2H3,(H,15,20)(H,18,19). The Labute approximate surface area is 121 Å². The summed E-state index contributed by atoms with van der Waals surface area (Å²) in [6.07, 6.45) is 1.51. The van der Waals surface area contributed by atoms with Gasteiger partial charge in [0.05, 0.1) is 13.5 Å². The average molecular weight is 295 g/mol. The lowest BCUT2D eigenvalue weighted by molar-refractivity contribution is -0.140. The Morgan fingerprint density at radius 3 is 2.62 bits per heavy atom. The van der Waals surface area contributed by atoms with Crippen LogP contribution in [0, 0.1) is 0 Å². The molecule has 1 rings (SSSR count). The number of aromatic carboxylic acids is 1. The van der Waals surface area contributed by atoms with E-state index in [1.54, 1.807) is 13.1 Å². The summed E-state index contributed by atoms with van der Waals surface area (Å²) in [4.78, 5) is 38.5. The minimum atomic E-state index is -1.10. The van der Waals surface area contributed by atoms with Crippen LogP contribution in [-0.2, 0) is 16.1 Å². The minimum absolute atomic E-state index is 0.0553. The molecule has 8 heteroatoms. The number of pyridine rings is 1. The van der Waals surface area contributed by atoms with Gasteiger partial charge in [-0.1, -0.05) is 6.07 Å². The molecule has 0 saturated carbocycles. The zero-order valence-corrected chi connectivity index (χ0v) is 11.8. The molecule has 2 amide bonds. The monoisotopic (exact) mass is 295 g/mol. The van der Waals surface area contributed by atoms with Gasteiger partial charge in [-0.3, -0.25) is 4.79 Å². The summed E-state index contributed by atoms with van der Waals surface area (Å²) in [6.45, 7) is 0.461. The molecule has 0 atom stereocenters. The first-order valence-corrected chi connectivity index (χ1v) is 6.18. The van der Waals surface area contributed by atoms with E-state index in [1.807, 2.05) is 0 Å². The van der Waals surface area contributed by atoms with Gasteiger partial charge in [0.15, 0.2) is 0 Å². The summed E-state index contributed by atoms with van der Waals surface area (Å²) in [6, 6.07) is 2.59. The van der Waals surface area contributed by atoms with E-state index in [9.17, 15) is 14.4 Å². The summed E-state index contributed by atoms with van der Waals surface area (Å²) < 4.78 is 4.49. The molecule has 0 fully saturated rings.